The quantitative estimate of drug-likeness (QED) is 0.448. The smallest absolute Gasteiger partial charge is 0.264 e. The van der Waals surface area contributed by atoms with Gasteiger partial charge in [-0.3, -0.25) is 9.10 Å². The highest BCUT2D eigenvalue weighted by Gasteiger charge is 2.28. The van der Waals surface area contributed by atoms with Crippen LogP contribution < -0.4 is 9.62 Å². The molecule has 34 heavy (non-hydrogen) atoms. The summed E-state index contributed by atoms with van der Waals surface area (Å²) in [6.07, 6.45) is 2.95. The molecule has 0 radical (unpaired) electrons. The first kappa shape index (κ1) is 24.1. The number of carbonyl (C=O) groups is 1. The van der Waals surface area contributed by atoms with E-state index in [-0.39, 0.29) is 34.6 Å². The lowest BCUT2D eigenvalue weighted by molar-refractivity contribution is 0.0917. The van der Waals surface area contributed by atoms with Crippen LogP contribution in [0.4, 0.5) is 5.69 Å². The molecule has 3 aromatic carbocycles. The van der Waals surface area contributed by atoms with E-state index in [1.807, 2.05) is 6.07 Å². The molecule has 0 bridgehead atoms. The molecule has 1 fully saturated rings. The lowest BCUT2D eigenvalue weighted by atomic mass is 9.93. The summed E-state index contributed by atoms with van der Waals surface area (Å²) in [6, 6.07) is 19.2. The number of nitriles is 1. The van der Waals surface area contributed by atoms with Crippen molar-refractivity contribution in [3.63, 3.8) is 0 Å². The maximum absolute atomic E-state index is 13.8. The molecule has 0 heterocycles. The minimum Gasteiger partial charge on any atom is -0.349 e. The Hall–Kier alpha value is -3.05. The number of amides is 1. The van der Waals surface area contributed by atoms with Crippen molar-refractivity contribution >= 4 is 44.8 Å². The van der Waals surface area contributed by atoms with Crippen molar-refractivity contribution in [3.8, 4) is 6.07 Å². The van der Waals surface area contributed by atoms with Crippen LogP contribution in [0, 0.1) is 11.3 Å². The van der Waals surface area contributed by atoms with Gasteiger partial charge in [-0.25, -0.2) is 8.42 Å². The van der Waals surface area contributed by atoms with Gasteiger partial charge in [0.15, 0.2) is 0 Å². The Balaban J connectivity index is 1.79. The lowest BCUT2D eigenvalue weighted by Crippen LogP contribution is -2.39. The normalized spacial score (nSPS) is 13.6. The van der Waals surface area contributed by atoms with Gasteiger partial charge >= 0.3 is 0 Å². The molecule has 0 spiro atoms. The molecule has 1 saturated carbocycles. The summed E-state index contributed by atoms with van der Waals surface area (Å²) in [5.74, 6) is -0.258. The molecule has 0 atom stereocenters. The number of nitrogens with zero attached hydrogens (tertiary/aromatic N) is 2. The van der Waals surface area contributed by atoms with Crippen LogP contribution >= 0.6 is 23.2 Å². The highest BCUT2D eigenvalue weighted by molar-refractivity contribution is 7.92. The van der Waals surface area contributed by atoms with E-state index in [4.69, 9.17) is 23.2 Å². The molecular weight excluding hydrogens is 493 g/mol. The maximum Gasteiger partial charge on any atom is 0.264 e. The van der Waals surface area contributed by atoms with E-state index in [2.05, 4.69) is 5.32 Å². The SMILES string of the molecule is N#Cc1cccc(S(=O)(=O)N(Cc2c(Cl)cccc2Cl)c2cccc(C(=O)NC3CCC3)c2)c1. The van der Waals surface area contributed by atoms with Crippen LogP contribution in [0.3, 0.4) is 0 Å². The molecule has 0 saturated heterocycles. The molecule has 174 valence electrons. The van der Waals surface area contributed by atoms with E-state index in [9.17, 15) is 18.5 Å². The Kier molecular flexibility index (Phi) is 7.13. The van der Waals surface area contributed by atoms with Gasteiger partial charge in [-0.05, 0) is 67.8 Å². The van der Waals surface area contributed by atoms with Crippen molar-refractivity contribution in [2.45, 2.75) is 36.7 Å². The first-order valence-electron chi connectivity index (χ1n) is 10.7. The molecular formula is C25H21Cl2N3O3S. The number of halogens is 2. The summed E-state index contributed by atoms with van der Waals surface area (Å²) in [5.41, 5.74) is 1.26. The maximum atomic E-state index is 13.8. The van der Waals surface area contributed by atoms with Gasteiger partial charge in [-0.1, -0.05) is 41.4 Å². The fraction of sp³-hybridized carbons (Fsp3) is 0.200. The highest BCUT2D eigenvalue weighted by Crippen LogP contribution is 2.32. The van der Waals surface area contributed by atoms with Crippen molar-refractivity contribution in [3.05, 3.63) is 93.5 Å². The number of sulfonamides is 1. The van der Waals surface area contributed by atoms with Crippen molar-refractivity contribution in [2.75, 3.05) is 4.31 Å². The largest absolute Gasteiger partial charge is 0.349 e. The third kappa shape index (κ3) is 5.05. The fourth-order valence-electron chi connectivity index (χ4n) is 3.62. The molecule has 3 aromatic rings. The van der Waals surface area contributed by atoms with Crippen molar-refractivity contribution in [1.29, 1.82) is 5.26 Å². The lowest BCUT2D eigenvalue weighted by Gasteiger charge is -2.27. The summed E-state index contributed by atoms with van der Waals surface area (Å²) in [6.45, 7) is -0.161. The summed E-state index contributed by atoms with van der Waals surface area (Å²) >= 11 is 12.7. The van der Waals surface area contributed by atoms with Gasteiger partial charge in [0, 0.05) is 27.2 Å². The molecule has 0 aromatic heterocycles. The molecule has 0 aliphatic heterocycles. The number of hydrogen-bond acceptors (Lipinski definition) is 4. The molecule has 4 rings (SSSR count). The second-order valence-electron chi connectivity index (χ2n) is 8.00. The minimum atomic E-state index is -4.14. The van der Waals surface area contributed by atoms with Gasteiger partial charge in [0.25, 0.3) is 15.9 Å². The molecule has 9 heteroatoms. The number of hydrogen-bond donors (Lipinski definition) is 1. The average Bonchev–Trinajstić information content (AvgIpc) is 2.81. The van der Waals surface area contributed by atoms with Crippen LogP contribution in [0.15, 0.2) is 71.6 Å². The summed E-state index contributed by atoms with van der Waals surface area (Å²) in [4.78, 5) is 12.7. The Morgan fingerprint density at radius 3 is 2.35 bits per heavy atom. The summed E-state index contributed by atoms with van der Waals surface area (Å²) < 4.78 is 28.7. The first-order valence-corrected chi connectivity index (χ1v) is 12.9. The van der Waals surface area contributed by atoms with Gasteiger partial charge in [0.2, 0.25) is 0 Å². The van der Waals surface area contributed by atoms with E-state index in [1.165, 1.54) is 30.3 Å². The summed E-state index contributed by atoms with van der Waals surface area (Å²) in [7, 11) is -4.14. The highest BCUT2D eigenvalue weighted by atomic mass is 35.5. The molecule has 6 nitrogen and oxygen atoms in total. The molecule has 1 amide bonds. The van der Waals surface area contributed by atoms with Crippen LogP contribution in [-0.4, -0.2) is 20.4 Å². The molecule has 0 unspecified atom stereocenters. The number of carbonyl (C=O) groups excluding carboxylic acids is 1. The standard InChI is InChI=1S/C25H21Cl2N3O3S/c26-23-11-4-12-24(27)22(23)16-30(34(32,33)21-10-1-5-17(13-21)15-28)20-9-2-6-18(14-20)25(31)29-19-7-3-8-19/h1-2,4-6,9-14,19H,3,7-8,16H2,(H,29,31). The Morgan fingerprint density at radius 2 is 1.71 bits per heavy atom. The van der Waals surface area contributed by atoms with Crippen LogP contribution in [0.5, 0.6) is 0 Å². The zero-order valence-corrected chi connectivity index (χ0v) is 20.4. The number of nitrogens with one attached hydrogen (secondary N) is 1. The number of rotatable bonds is 7. The minimum absolute atomic E-state index is 0.0564. The van der Waals surface area contributed by atoms with Crippen LogP contribution in [0.2, 0.25) is 10.0 Å². The summed E-state index contributed by atoms with van der Waals surface area (Å²) in [5, 5.41) is 12.8. The van der Waals surface area contributed by atoms with Gasteiger partial charge < -0.3 is 5.32 Å². The third-order valence-electron chi connectivity index (χ3n) is 5.75. The van der Waals surface area contributed by atoms with Crippen molar-refractivity contribution in [1.82, 2.24) is 5.32 Å². The zero-order chi connectivity index (χ0) is 24.3. The van der Waals surface area contributed by atoms with Gasteiger partial charge in [0.1, 0.15) is 0 Å². The van der Waals surface area contributed by atoms with Crippen LogP contribution in [0.1, 0.15) is 40.7 Å². The van der Waals surface area contributed by atoms with Crippen molar-refractivity contribution in [2.24, 2.45) is 0 Å². The van der Waals surface area contributed by atoms with Gasteiger partial charge in [0.05, 0.1) is 28.8 Å². The van der Waals surface area contributed by atoms with Crippen molar-refractivity contribution < 1.29 is 13.2 Å². The van der Waals surface area contributed by atoms with E-state index in [0.717, 1.165) is 23.6 Å². The van der Waals surface area contributed by atoms with E-state index >= 15 is 0 Å². The number of anilines is 1. The van der Waals surface area contributed by atoms with Gasteiger partial charge in [-0.15, -0.1) is 0 Å². The Bertz CT molecular complexity index is 1360. The fourth-order valence-corrected chi connectivity index (χ4v) is 5.61. The molecule has 1 N–H and O–H groups in total. The van der Waals surface area contributed by atoms with Crippen LogP contribution in [0.25, 0.3) is 0 Å². The second-order valence-corrected chi connectivity index (χ2v) is 10.7. The predicted molar refractivity (Wildman–Crippen MR) is 133 cm³/mol. The number of benzene rings is 3. The zero-order valence-electron chi connectivity index (χ0n) is 18.0. The monoisotopic (exact) mass is 513 g/mol. The third-order valence-corrected chi connectivity index (χ3v) is 8.23. The van der Waals surface area contributed by atoms with Gasteiger partial charge in [-0.2, -0.15) is 5.26 Å². The van der Waals surface area contributed by atoms with E-state index < -0.39 is 10.0 Å². The Labute approximate surface area is 208 Å². The van der Waals surface area contributed by atoms with E-state index in [1.54, 1.807) is 36.4 Å². The average molecular weight is 514 g/mol. The molecule has 1 aliphatic rings. The Morgan fingerprint density at radius 1 is 1.03 bits per heavy atom. The second kappa shape index (κ2) is 10.1. The first-order chi connectivity index (χ1) is 16.3. The van der Waals surface area contributed by atoms with E-state index in [0.29, 0.717) is 21.2 Å². The predicted octanol–water partition coefficient (Wildman–Crippen LogP) is 5.54. The van der Waals surface area contributed by atoms with Crippen LogP contribution in [-0.2, 0) is 16.6 Å². The molecule has 1 aliphatic carbocycles. The topological polar surface area (TPSA) is 90.3 Å².